The number of halogens is 1. The molecule has 0 radical (unpaired) electrons. The van der Waals surface area contributed by atoms with E-state index in [1.165, 1.54) is 32.0 Å². The number of nitrogens with zero attached hydrogens (tertiary/aromatic N) is 2. The summed E-state index contributed by atoms with van der Waals surface area (Å²) in [7, 11) is 0. The SMILES string of the molecule is Cc1ncnc(NCC2CCCCC2C)c1F. The topological polar surface area (TPSA) is 37.8 Å². The molecule has 0 aromatic carbocycles. The Morgan fingerprint density at radius 2 is 2.12 bits per heavy atom. The minimum atomic E-state index is -0.323. The Hall–Kier alpha value is -1.19. The zero-order valence-electron chi connectivity index (χ0n) is 10.5. The molecule has 3 nitrogen and oxygen atoms in total. The van der Waals surface area contributed by atoms with Gasteiger partial charge < -0.3 is 5.32 Å². The number of rotatable bonds is 3. The van der Waals surface area contributed by atoms with Crippen molar-refractivity contribution in [2.45, 2.75) is 39.5 Å². The molecule has 0 bridgehead atoms. The van der Waals surface area contributed by atoms with Crippen LogP contribution < -0.4 is 5.32 Å². The summed E-state index contributed by atoms with van der Waals surface area (Å²) in [6, 6.07) is 0. The van der Waals surface area contributed by atoms with Gasteiger partial charge in [-0.3, -0.25) is 0 Å². The van der Waals surface area contributed by atoms with E-state index < -0.39 is 0 Å². The second kappa shape index (κ2) is 5.43. The van der Waals surface area contributed by atoms with Crippen LogP contribution in [-0.4, -0.2) is 16.5 Å². The minimum Gasteiger partial charge on any atom is -0.367 e. The fourth-order valence-corrected chi connectivity index (χ4v) is 2.51. The van der Waals surface area contributed by atoms with Gasteiger partial charge >= 0.3 is 0 Å². The number of aromatic nitrogens is 2. The standard InChI is InChI=1S/C13H20FN3/c1-9-5-3-4-6-11(9)7-15-13-12(14)10(2)16-8-17-13/h8-9,11H,3-7H2,1-2H3,(H,15,16,17). The molecule has 0 spiro atoms. The molecule has 0 aliphatic heterocycles. The summed E-state index contributed by atoms with van der Waals surface area (Å²) in [5.41, 5.74) is 0.402. The van der Waals surface area contributed by atoms with Gasteiger partial charge in [-0.05, 0) is 25.2 Å². The molecule has 94 valence electrons. The Balaban J connectivity index is 1.95. The van der Waals surface area contributed by atoms with E-state index >= 15 is 0 Å². The maximum atomic E-state index is 13.7. The highest BCUT2D eigenvalue weighted by Gasteiger charge is 2.21. The highest BCUT2D eigenvalue weighted by atomic mass is 19.1. The summed E-state index contributed by atoms with van der Waals surface area (Å²) in [5, 5.41) is 3.13. The lowest BCUT2D eigenvalue weighted by Crippen LogP contribution is -2.25. The number of nitrogens with one attached hydrogen (secondary N) is 1. The van der Waals surface area contributed by atoms with Crippen molar-refractivity contribution in [2.75, 3.05) is 11.9 Å². The van der Waals surface area contributed by atoms with Crippen LogP contribution in [-0.2, 0) is 0 Å². The van der Waals surface area contributed by atoms with Crippen molar-refractivity contribution >= 4 is 5.82 Å². The molecule has 2 rings (SSSR count). The lowest BCUT2D eigenvalue weighted by atomic mass is 9.80. The smallest absolute Gasteiger partial charge is 0.186 e. The van der Waals surface area contributed by atoms with Gasteiger partial charge in [-0.2, -0.15) is 0 Å². The second-order valence-corrected chi connectivity index (χ2v) is 5.02. The molecule has 2 unspecified atom stereocenters. The molecule has 0 amide bonds. The van der Waals surface area contributed by atoms with Crippen LogP contribution in [0.1, 0.15) is 38.3 Å². The summed E-state index contributed by atoms with van der Waals surface area (Å²) >= 11 is 0. The normalized spacial score (nSPS) is 24.6. The first kappa shape index (κ1) is 12.3. The first-order valence-electron chi connectivity index (χ1n) is 6.39. The zero-order valence-corrected chi connectivity index (χ0v) is 10.5. The van der Waals surface area contributed by atoms with Gasteiger partial charge in [0.05, 0.1) is 5.69 Å². The summed E-state index contributed by atoms with van der Waals surface area (Å²) < 4.78 is 13.7. The monoisotopic (exact) mass is 237 g/mol. The van der Waals surface area contributed by atoms with E-state index in [1.54, 1.807) is 6.92 Å². The molecule has 2 atom stereocenters. The van der Waals surface area contributed by atoms with Crippen LogP contribution in [0.15, 0.2) is 6.33 Å². The van der Waals surface area contributed by atoms with Gasteiger partial charge in [0.2, 0.25) is 0 Å². The van der Waals surface area contributed by atoms with Crippen LogP contribution >= 0.6 is 0 Å². The number of hydrogen-bond acceptors (Lipinski definition) is 3. The first-order chi connectivity index (χ1) is 8.18. The number of hydrogen-bond donors (Lipinski definition) is 1. The van der Waals surface area contributed by atoms with Crippen LogP contribution in [0.5, 0.6) is 0 Å². The van der Waals surface area contributed by atoms with Gasteiger partial charge in [-0.15, -0.1) is 0 Å². The van der Waals surface area contributed by atoms with Crippen LogP contribution in [0.3, 0.4) is 0 Å². The molecule has 17 heavy (non-hydrogen) atoms. The Morgan fingerprint density at radius 3 is 2.88 bits per heavy atom. The number of aryl methyl sites for hydroxylation is 1. The van der Waals surface area contributed by atoms with Crippen LogP contribution in [0.2, 0.25) is 0 Å². The average Bonchev–Trinajstić information content (AvgIpc) is 2.33. The molecule has 1 aliphatic rings. The molecule has 1 heterocycles. The third-order valence-electron chi connectivity index (χ3n) is 3.78. The van der Waals surface area contributed by atoms with E-state index in [-0.39, 0.29) is 5.82 Å². The van der Waals surface area contributed by atoms with Crippen LogP contribution in [0.25, 0.3) is 0 Å². The van der Waals surface area contributed by atoms with Gasteiger partial charge in [0.1, 0.15) is 6.33 Å². The molecule has 0 saturated heterocycles. The average molecular weight is 237 g/mol. The molecule has 4 heteroatoms. The maximum Gasteiger partial charge on any atom is 0.186 e. The van der Waals surface area contributed by atoms with Gasteiger partial charge in [-0.1, -0.05) is 26.2 Å². The maximum absolute atomic E-state index is 13.7. The van der Waals surface area contributed by atoms with Gasteiger partial charge in [0, 0.05) is 6.54 Å². The molecule has 1 saturated carbocycles. The molecular weight excluding hydrogens is 217 g/mol. The second-order valence-electron chi connectivity index (χ2n) is 5.02. The summed E-state index contributed by atoms with van der Waals surface area (Å²) in [5.74, 6) is 1.38. The predicted octanol–water partition coefficient (Wildman–Crippen LogP) is 3.16. The Labute approximate surface area is 102 Å². The summed E-state index contributed by atoms with van der Waals surface area (Å²) in [6.45, 7) is 4.76. The Kier molecular flexibility index (Phi) is 3.92. The van der Waals surface area contributed by atoms with Crippen molar-refractivity contribution in [3.8, 4) is 0 Å². The lowest BCUT2D eigenvalue weighted by Gasteiger charge is -2.29. The fourth-order valence-electron chi connectivity index (χ4n) is 2.51. The predicted molar refractivity (Wildman–Crippen MR) is 66.3 cm³/mol. The molecule has 1 aromatic rings. The zero-order chi connectivity index (χ0) is 12.3. The molecule has 1 fully saturated rings. The fraction of sp³-hybridized carbons (Fsp3) is 0.692. The van der Waals surface area contributed by atoms with Gasteiger partial charge in [0.15, 0.2) is 11.6 Å². The van der Waals surface area contributed by atoms with E-state index in [0.717, 1.165) is 12.5 Å². The summed E-state index contributed by atoms with van der Waals surface area (Å²) in [6.07, 6.45) is 6.56. The van der Waals surface area contributed by atoms with Gasteiger partial charge in [-0.25, -0.2) is 14.4 Å². The molecular formula is C13H20FN3. The molecule has 1 aromatic heterocycles. The highest BCUT2D eigenvalue weighted by molar-refractivity contribution is 5.36. The van der Waals surface area contributed by atoms with Crippen LogP contribution in [0.4, 0.5) is 10.2 Å². The number of anilines is 1. The summed E-state index contributed by atoms with van der Waals surface area (Å²) in [4.78, 5) is 7.77. The minimum absolute atomic E-state index is 0.323. The van der Waals surface area contributed by atoms with Crippen molar-refractivity contribution in [1.29, 1.82) is 0 Å². The van der Waals surface area contributed by atoms with E-state index in [0.29, 0.717) is 17.4 Å². The third-order valence-corrected chi connectivity index (χ3v) is 3.78. The molecule has 1 aliphatic carbocycles. The quantitative estimate of drug-likeness (QED) is 0.877. The van der Waals surface area contributed by atoms with Crippen molar-refractivity contribution in [1.82, 2.24) is 9.97 Å². The van der Waals surface area contributed by atoms with E-state index in [4.69, 9.17) is 0 Å². The van der Waals surface area contributed by atoms with Gasteiger partial charge in [0.25, 0.3) is 0 Å². The Morgan fingerprint density at radius 1 is 1.35 bits per heavy atom. The third kappa shape index (κ3) is 2.93. The van der Waals surface area contributed by atoms with Crippen LogP contribution in [0, 0.1) is 24.6 Å². The van der Waals surface area contributed by atoms with E-state index in [2.05, 4.69) is 22.2 Å². The van der Waals surface area contributed by atoms with Crippen molar-refractivity contribution in [3.63, 3.8) is 0 Å². The highest BCUT2D eigenvalue weighted by Crippen LogP contribution is 2.29. The van der Waals surface area contributed by atoms with Crippen molar-refractivity contribution < 1.29 is 4.39 Å². The molecule has 1 N–H and O–H groups in total. The first-order valence-corrected chi connectivity index (χ1v) is 6.39. The Bertz CT molecular complexity index is 381. The van der Waals surface area contributed by atoms with Crippen molar-refractivity contribution in [3.05, 3.63) is 17.8 Å². The lowest BCUT2D eigenvalue weighted by molar-refractivity contribution is 0.268. The largest absolute Gasteiger partial charge is 0.367 e. The van der Waals surface area contributed by atoms with E-state index in [1.807, 2.05) is 0 Å². The van der Waals surface area contributed by atoms with E-state index in [9.17, 15) is 4.39 Å². The van der Waals surface area contributed by atoms with Crippen molar-refractivity contribution in [2.24, 2.45) is 11.8 Å².